The minimum absolute atomic E-state index is 0.0466. The number of aromatic carboxylic acids is 1. The fourth-order valence-corrected chi connectivity index (χ4v) is 5.28. The van der Waals surface area contributed by atoms with Gasteiger partial charge in [0.2, 0.25) is 0 Å². The van der Waals surface area contributed by atoms with Gasteiger partial charge in [0.05, 0.1) is 16.3 Å². The molecule has 0 spiro atoms. The van der Waals surface area contributed by atoms with Crippen molar-refractivity contribution in [2.45, 2.75) is 56.2 Å². The lowest BCUT2D eigenvalue weighted by Crippen LogP contribution is -2.23. The van der Waals surface area contributed by atoms with Crippen LogP contribution in [0.25, 0.3) is 0 Å². The maximum Gasteiger partial charge on any atom is 0.339 e. The van der Waals surface area contributed by atoms with Gasteiger partial charge in [0.25, 0.3) is 0 Å². The molecule has 0 radical (unpaired) electrons. The third-order valence-electron chi connectivity index (χ3n) is 5.50. The van der Waals surface area contributed by atoms with E-state index < -0.39 is 27.3 Å². The minimum Gasteiger partial charge on any atom is -0.507 e. The molecule has 0 unspecified atom stereocenters. The zero-order valence-electron chi connectivity index (χ0n) is 17.1. The summed E-state index contributed by atoms with van der Waals surface area (Å²) in [4.78, 5) is 11.7. The lowest BCUT2D eigenvalue weighted by molar-refractivity contribution is 0.0693. The van der Waals surface area contributed by atoms with Gasteiger partial charge in [-0.25, -0.2) is 13.2 Å². The number of phenols is 1. The Morgan fingerprint density at radius 3 is 2.43 bits per heavy atom. The first-order chi connectivity index (χ1) is 14.0. The van der Waals surface area contributed by atoms with Gasteiger partial charge in [-0.15, -0.1) is 0 Å². The van der Waals surface area contributed by atoms with Gasteiger partial charge in [0.15, 0.2) is 9.84 Å². The van der Waals surface area contributed by atoms with Gasteiger partial charge in [-0.3, -0.25) is 0 Å². The van der Waals surface area contributed by atoms with Crippen molar-refractivity contribution in [1.29, 1.82) is 0 Å². The van der Waals surface area contributed by atoms with Crippen LogP contribution in [0.3, 0.4) is 0 Å². The molecule has 8 heteroatoms. The van der Waals surface area contributed by atoms with Crippen molar-refractivity contribution >= 4 is 37.4 Å². The highest BCUT2D eigenvalue weighted by molar-refractivity contribution is 9.10. The second-order valence-electron chi connectivity index (χ2n) is 8.23. The largest absolute Gasteiger partial charge is 0.507 e. The SMILES string of the molecule is CC(C)[C@@H](C)Nc1ccc(Br)cc1S(=O)(=O)Cc1cc(C2CC2)cc(C(=O)O)c1O. The Bertz CT molecular complexity index is 1080. The van der Waals surface area contributed by atoms with Gasteiger partial charge >= 0.3 is 5.97 Å². The van der Waals surface area contributed by atoms with E-state index in [1.807, 2.05) is 20.8 Å². The molecule has 0 aliphatic heterocycles. The number of carboxylic acid groups (broad SMARTS) is 1. The van der Waals surface area contributed by atoms with E-state index in [0.29, 0.717) is 16.1 Å². The fraction of sp³-hybridized carbons (Fsp3) is 0.409. The molecule has 162 valence electrons. The molecule has 6 nitrogen and oxygen atoms in total. The summed E-state index contributed by atoms with van der Waals surface area (Å²) in [5, 5.41) is 23.2. The Morgan fingerprint density at radius 1 is 1.20 bits per heavy atom. The van der Waals surface area contributed by atoms with Gasteiger partial charge in [-0.05, 0) is 61.4 Å². The van der Waals surface area contributed by atoms with E-state index in [2.05, 4.69) is 21.2 Å². The molecule has 0 bridgehead atoms. The second-order valence-corrected chi connectivity index (χ2v) is 11.1. The van der Waals surface area contributed by atoms with Crippen molar-refractivity contribution in [2.75, 3.05) is 5.32 Å². The molecule has 30 heavy (non-hydrogen) atoms. The van der Waals surface area contributed by atoms with Crippen molar-refractivity contribution in [2.24, 2.45) is 5.92 Å². The summed E-state index contributed by atoms with van der Waals surface area (Å²) in [6.07, 6.45) is 1.87. The number of hydrogen-bond donors (Lipinski definition) is 3. The molecule has 0 amide bonds. The standard InChI is InChI=1S/C22H26BrNO5S/c1-12(2)13(3)24-19-7-6-17(23)10-20(19)30(28,29)11-16-8-15(14-4-5-14)9-18(21(16)25)22(26)27/h6-10,12-14,24-25H,4-5,11H2,1-3H3,(H,26,27)/t13-/m1/s1. The van der Waals surface area contributed by atoms with E-state index in [4.69, 9.17) is 0 Å². The van der Waals surface area contributed by atoms with Crippen LogP contribution in [-0.2, 0) is 15.6 Å². The smallest absolute Gasteiger partial charge is 0.339 e. The van der Waals surface area contributed by atoms with Gasteiger partial charge in [-0.1, -0.05) is 35.8 Å². The van der Waals surface area contributed by atoms with E-state index in [1.165, 1.54) is 12.1 Å². The molecule has 3 rings (SSSR count). The molecular formula is C22H26BrNO5S. The number of halogens is 1. The third-order valence-corrected chi connectivity index (χ3v) is 7.69. The molecule has 0 heterocycles. The van der Waals surface area contributed by atoms with Gasteiger partial charge in [0, 0.05) is 16.1 Å². The van der Waals surface area contributed by atoms with Crippen LogP contribution in [0.5, 0.6) is 5.75 Å². The molecule has 1 aliphatic carbocycles. The van der Waals surface area contributed by atoms with Crippen molar-refractivity contribution < 1.29 is 23.4 Å². The molecule has 0 aromatic heterocycles. The zero-order chi connectivity index (χ0) is 22.2. The van der Waals surface area contributed by atoms with Crippen molar-refractivity contribution in [3.63, 3.8) is 0 Å². The molecule has 1 saturated carbocycles. The summed E-state index contributed by atoms with van der Waals surface area (Å²) in [7, 11) is -3.87. The van der Waals surface area contributed by atoms with E-state index in [9.17, 15) is 23.4 Å². The van der Waals surface area contributed by atoms with Crippen LogP contribution in [0.4, 0.5) is 5.69 Å². The van der Waals surface area contributed by atoms with Crippen molar-refractivity contribution in [3.8, 4) is 5.75 Å². The minimum atomic E-state index is -3.87. The molecule has 1 aliphatic rings. The Labute approximate surface area is 185 Å². The van der Waals surface area contributed by atoms with Crippen LogP contribution in [0.1, 0.15) is 61.0 Å². The monoisotopic (exact) mass is 495 g/mol. The molecule has 2 aromatic carbocycles. The van der Waals surface area contributed by atoms with Gasteiger partial charge in [-0.2, -0.15) is 0 Å². The van der Waals surface area contributed by atoms with Crippen molar-refractivity contribution in [1.82, 2.24) is 0 Å². The summed E-state index contributed by atoms with van der Waals surface area (Å²) < 4.78 is 27.3. The first-order valence-electron chi connectivity index (χ1n) is 9.87. The van der Waals surface area contributed by atoms with Crippen LogP contribution >= 0.6 is 15.9 Å². The van der Waals surface area contributed by atoms with E-state index in [-0.39, 0.29) is 28.0 Å². The topological polar surface area (TPSA) is 104 Å². The normalized spacial score (nSPS) is 15.2. The number of nitrogens with one attached hydrogen (secondary N) is 1. The first kappa shape index (κ1) is 22.6. The summed E-state index contributed by atoms with van der Waals surface area (Å²) in [5.74, 6) is -1.73. The molecular weight excluding hydrogens is 470 g/mol. The Kier molecular flexibility index (Phi) is 6.48. The van der Waals surface area contributed by atoms with Gasteiger partial charge < -0.3 is 15.5 Å². The van der Waals surface area contributed by atoms with Crippen LogP contribution in [0, 0.1) is 5.92 Å². The van der Waals surface area contributed by atoms with E-state index >= 15 is 0 Å². The number of carboxylic acids is 1. The van der Waals surface area contributed by atoms with Crippen LogP contribution in [-0.4, -0.2) is 30.6 Å². The number of benzene rings is 2. The molecule has 2 aromatic rings. The summed E-state index contributed by atoms with van der Waals surface area (Å²) >= 11 is 3.33. The number of carbonyl (C=O) groups is 1. The third kappa shape index (κ3) is 4.98. The molecule has 0 saturated heterocycles. The average molecular weight is 496 g/mol. The number of hydrogen-bond acceptors (Lipinski definition) is 5. The summed E-state index contributed by atoms with van der Waals surface area (Å²) in [6, 6.07) is 8.12. The maximum atomic E-state index is 13.3. The lowest BCUT2D eigenvalue weighted by Gasteiger charge is -2.21. The molecule has 3 N–H and O–H groups in total. The number of sulfone groups is 1. The van der Waals surface area contributed by atoms with Crippen LogP contribution in [0.2, 0.25) is 0 Å². The summed E-state index contributed by atoms with van der Waals surface area (Å²) in [6.45, 7) is 6.06. The summed E-state index contributed by atoms with van der Waals surface area (Å²) in [5.41, 5.74) is 1.09. The average Bonchev–Trinajstić information content (AvgIpc) is 3.49. The predicted molar refractivity (Wildman–Crippen MR) is 120 cm³/mol. The lowest BCUT2D eigenvalue weighted by atomic mass is 10.0. The predicted octanol–water partition coefficient (Wildman–Crippen LogP) is 5.16. The highest BCUT2D eigenvalue weighted by Gasteiger charge is 2.29. The zero-order valence-corrected chi connectivity index (χ0v) is 19.5. The fourth-order valence-electron chi connectivity index (χ4n) is 3.21. The molecule has 1 atom stereocenters. The van der Waals surface area contributed by atoms with Crippen LogP contribution in [0.15, 0.2) is 39.7 Å². The molecule has 1 fully saturated rings. The number of anilines is 1. The first-order valence-corrected chi connectivity index (χ1v) is 12.3. The highest BCUT2D eigenvalue weighted by atomic mass is 79.9. The number of aromatic hydroxyl groups is 1. The Morgan fingerprint density at radius 2 is 1.87 bits per heavy atom. The van der Waals surface area contributed by atoms with Crippen molar-refractivity contribution in [3.05, 3.63) is 51.5 Å². The number of rotatable bonds is 8. The Balaban J connectivity index is 2.03. The van der Waals surface area contributed by atoms with Gasteiger partial charge in [0.1, 0.15) is 11.3 Å². The van der Waals surface area contributed by atoms with E-state index in [1.54, 1.807) is 18.2 Å². The van der Waals surface area contributed by atoms with E-state index in [0.717, 1.165) is 18.4 Å². The van der Waals surface area contributed by atoms with Crippen LogP contribution < -0.4 is 5.32 Å². The quantitative estimate of drug-likeness (QED) is 0.467. The second kappa shape index (κ2) is 8.59. The highest BCUT2D eigenvalue weighted by Crippen LogP contribution is 2.43. The Hall–Kier alpha value is -2.06. The maximum absolute atomic E-state index is 13.3.